The van der Waals surface area contributed by atoms with Crippen LogP contribution in [0.4, 0.5) is 0 Å². The number of hydrogen-bond donors (Lipinski definition) is 2. The third-order valence-corrected chi connectivity index (χ3v) is 3.11. The van der Waals surface area contributed by atoms with Crippen molar-refractivity contribution in [1.82, 2.24) is 10.2 Å². The Morgan fingerprint density at radius 1 is 1.40 bits per heavy atom. The lowest BCUT2D eigenvalue weighted by molar-refractivity contribution is 0.131. The molecule has 1 saturated heterocycles. The molecule has 0 radical (unpaired) electrons. The fourth-order valence-electron chi connectivity index (χ4n) is 2.23. The van der Waals surface area contributed by atoms with Crippen LogP contribution in [-0.4, -0.2) is 48.3 Å². The van der Waals surface area contributed by atoms with Crippen LogP contribution in [0.5, 0.6) is 0 Å². The molecule has 1 fully saturated rings. The standard InChI is InChI=1S/C12H26N2O/c1-11(2)13-10-12-6-3-4-7-14(12)8-5-9-15/h11-13,15H,3-10H2,1-2H3. The molecule has 1 unspecified atom stereocenters. The molecule has 0 bridgehead atoms. The summed E-state index contributed by atoms with van der Waals surface area (Å²) in [6.45, 7) is 8.08. The quantitative estimate of drug-likeness (QED) is 0.698. The van der Waals surface area contributed by atoms with E-state index in [1.807, 2.05) is 0 Å². The molecule has 0 spiro atoms. The molecular weight excluding hydrogens is 188 g/mol. The van der Waals surface area contributed by atoms with Gasteiger partial charge in [-0.2, -0.15) is 0 Å². The Labute approximate surface area is 93.9 Å². The minimum atomic E-state index is 0.320. The second kappa shape index (κ2) is 7.20. The highest BCUT2D eigenvalue weighted by Crippen LogP contribution is 2.16. The summed E-state index contributed by atoms with van der Waals surface area (Å²) in [5.74, 6) is 0. The smallest absolute Gasteiger partial charge is 0.0443 e. The number of aliphatic hydroxyl groups is 1. The summed E-state index contributed by atoms with van der Waals surface area (Å²) in [4.78, 5) is 2.54. The lowest BCUT2D eigenvalue weighted by Crippen LogP contribution is -2.47. The maximum absolute atomic E-state index is 8.86. The van der Waals surface area contributed by atoms with E-state index in [0.29, 0.717) is 18.7 Å². The highest BCUT2D eigenvalue weighted by atomic mass is 16.3. The topological polar surface area (TPSA) is 35.5 Å². The molecule has 0 saturated carbocycles. The SMILES string of the molecule is CC(C)NCC1CCCCN1CCCO. The van der Waals surface area contributed by atoms with Crippen LogP contribution in [0.25, 0.3) is 0 Å². The van der Waals surface area contributed by atoms with Gasteiger partial charge in [0.2, 0.25) is 0 Å². The summed E-state index contributed by atoms with van der Waals surface area (Å²) in [5, 5.41) is 12.4. The summed E-state index contributed by atoms with van der Waals surface area (Å²) in [5.41, 5.74) is 0. The molecule has 0 aliphatic carbocycles. The van der Waals surface area contributed by atoms with Gasteiger partial charge in [0.1, 0.15) is 0 Å². The van der Waals surface area contributed by atoms with E-state index in [4.69, 9.17) is 5.11 Å². The first-order valence-corrected chi connectivity index (χ1v) is 6.32. The highest BCUT2D eigenvalue weighted by molar-refractivity contribution is 4.79. The van der Waals surface area contributed by atoms with E-state index in [9.17, 15) is 0 Å². The van der Waals surface area contributed by atoms with Gasteiger partial charge < -0.3 is 10.4 Å². The van der Waals surface area contributed by atoms with Crippen LogP contribution >= 0.6 is 0 Å². The zero-order chi connectivity index (χ0) is 11.1. The normalized spacial score (nSPS) is 23.6. The zero-order valence-corrected chi connectivity index (χ0v) is 10.2. The van der Waals surface area contributed by atoms with Crippen molar-refractivity contribution in [3.05, 3.63) is 0 Å². The number of nitrogens with zero attached hydrogens (tertiary/aromatic N) is 1. The number of nitrogens with one attached hydrogen (secondary N) is 1. The Morgan fingerprint density at radius 2 is 2.20 bits per heavy atom. The molecule has 90 valence electrons. The predicted octanol–water partition coefficient (Wildman–Crippen LogP) is 1.22. The van der Waals surface area contributed by atoms with Crippen LogP contribution in [0, 0.1) is 0 Å². The van der Waals surface area contributed by atoms with Crippen LogP contribution in [0.1, 0.15) is 39.5 Å². The summed E-state index contributed by atoms with van der Waals surface area (Å²) >= 11 is 0. The zero-order valence-electron chi connectivity index (χ0n) is 10.2. The van der Waals surface area contributed by atoms with Crippen molar-refractivity contribution in [3.63, 3.8) is 0 Å². The lowest BCUT2D eigenvalue weighted by Gasteiger charge is -2.36. The van der Waals surface area contributed by atoms with Gasteiger partial charge in [-0.05, 0) is 25.8 Å². The minimum absolute atomic E-state index is 0.320. The van der Waals surface area contributed by atoms with Crippen molar-refractivity contribution in [1.29, 1.82) is 0 Å². The number of piperidine rings is 1. The van der Waals surface area contributed by atoms with Crippen LogP contribution in [0.15, 0.2) is 0 Å². The number of likely N-dealkylation sites (tertiary alicyclic amines) is 1. The molecule has 2 N–H and O–H groups in total. The summed E-state index contributed by atoms with van der Waals surface area (Å²) in [6, 6.07) is 1.26. The lowest BCUT2D eigenvalue weighted by atomic mass is 10.0. The molecule has 1 aliphatic rings. The summed E-state index contributed by atoms with van der Waals surface area (Å²) in [6.07, 6.45) is 4.91. The highest BCUT2D eigenvalue weighted by Gasteiger charge is 2.21. The van der Waals surface area contributed by atoms with Crippen LogP contribution < -0.4 is 5.32 Å². The number of aliphatic hydroxyl groups excluding tert-OH is 1. The van der Waals surface area contributed by atoms with Crippen molar-refractivity contribution < 1.29 is 5.11 Å². The Kier molecular flexibility index (Phi) is 6.22. The van der Waals surface area contributed by atoms with Crippen molar-refractivity contribution in [3.8, 4) is 0 Å². The van der Waals surface area contributed by atoms with Gasteiger partial charge in [-0.25, -0.2) is 0 Å². The Hall–Kier alpha value is -0.120. The third kappa shape index (κ3) is 4.96. The van der Waals surface area contributed by atoms with E-state index in [1.165, 1.54) is 25.8 Å². The monoisotopic (exact) mass is 214 g/mol. The Bertz CT molecular complexity index is 162. The van der Waals surface area contributed by atoms with Gasteiger partial charge in [-0.1, -0.05) is 20.3 Å². The van der Waals surface area contributed by atoms with Crippen molar-refractivity contribution in [2.75, 3.05) is 26.2 Å². The van der Waals surface area contributed by atoms with Crippen molar-refractivity contribution >= 4 is 0 Å². The summed E-state index contributed by atoms with van der Waals surface area (Å²) in [7, 11) is 0. The van der Waals surface area contributed by atoms with E-state index in [1.54, 1.807) is 0 Å². The second-order valence-corrected chi connectivity index (χ2v) is 4.83. The van der Waals surface area contributed by atoms with Gasteiger partial charge in [0, 0.05) is 31.8 Å². The van der Waals surface area contributed by atoms with E-state index in [2.05, 4.69) is 24.1 Å². The van der Waals surface area contributed by atoms with E-state index >= 15 is 0 Å². The molecular formula is C12H26N2O. The van der Waals surface area contributed by atoms with Gasteiger partial charge >= 0.3 is 0 Å². The number of rotatable bonds is 6. The van der Waals surface area contributed by atoms with Gasteiger partial charge in [-0.15, -0.1) is 0 Å². The molecule has 1 atom stereocenters. The molecule has 0 aromatic heterocycles. The van der Waals surface area contributed by atoms with Crippen LogP contribution in [-0.2, 0) is 0 Å². The molecule has 1 heterocycles. The molecule has 0 amide bonds. The molecule has 3 nitrogen and oxygen atoms in total. The number of hydrogen-bond acceptors (Lipinski definition) is 3. The first-order chi connectivity index (χ1) is 7.24. The Morgan fingerprint density at radius 3 is 2.87 bits per heavy atom. The molecule has 1 rings (SSSR count). The van der Waals surface area contributed by atoms with E-state index in [-0.39, 0.29) is 0 Å². The van der Waals surface area contributed by atoms with Crippen LogP contribution in [0.2, 0.25) is 0 Å². The van der Waals surface area contributed by atoms with E-state index in [0.717, 1.165) is 19.5 Å². The third-order valence-electron chi connectivity index (χ3n) is 3.11. The van der Waals surface area contributed by atoms with Crippen LogP contribution in [0.3, 0.4) is 0 Å². The molecule has 0 aromatic rings. The molecule has 0 aromatic carbocycles. The molecule has 3 heteroatoms. The fraction of sp³-hybridized carbons (Fsp3) is 1.00. The van der Waals surface area contributed by atoms with Gasteiger partial charge in [0.25, 0.3) is 0 Å². The Balaban J connectivity index is 2.29. The molecule has 1 aliphatic heterocycles. The van der Waals surface area contributed by atoms with Crippen molar-refractivity contribution in [2.45, 2.75) is 51.6 Å². The minimum Gasteiger partial charge on any atom is -0.396 e. The van der Waals surface area contributed by atoms with Crippen molar-refractivity contribution in [2.24, 2.45) is 0 Å². The molecule has 15 heavy (non-hydrogen) atoms. The van der Waals surface area contributed by atoms with Gasteiger partial charge in [0.15, 0.2) is 0 Å². The summed E-state index contributed by atoms with van der Waals surface area (Å²) < 4.78 is 0. The largest absolute Gasteiger partial charge is 0.396 e. The fourth-order valence-corrected chi connectivity index (χ4v) is 2.23. The average molecular weight is 214 g/mol. The van der Waals surface area contributed by atoms with Gasteiger partial charge in [0.05, 0.1) is 0 Å². The average Bonchev–Trinajstić information content (AvgIpc) is 2.24. The first kappa shape index (κ1) is 12.9. The predicted molar refractivity (Wildman–Crippen MR) is 64.1 cm³/mol. The van der Waals surface area contributed by atoms with E-state index < -0.39 is 0 Å². The second-order valence-electron chi connectivity index (χ2n) is 4.83. The van der Waals surface area contributed by atoms with Gasteiger partial charge in [-0.3, -0.25) is 4.90 Å². The maximum atomic E-state index is 8.86. The maximum Gasteiger partial charge on any atom is 0.0443 e. The first-order valence-electron chi connectivity index (χ1n) is 6.32.